The molecule has 126 valence electrons. The van der Waals surface area contributed by atoms with Crippen molar-refractivity contribution in [1.82, 2.24) is 0 Å². The second-order valence-corrected chi connectivity index (χ2v) is 5.23. The predicted molar refractivity (Wildman–Crippen MR) is 95.6 cm³/mol. The van der Waals surface area contributed by atoms with Gasteiger partial charge in [-0.25, -0.2) is 4.79 Å². The summed E-state index contributed by atoms with van der Waals surface area (Å²) in [5, 5.41) is 11.5. The molecule has 1 amide bonds. The molecule has 0 bridgehead atoms. The van der Waals surface area contributed by atoms with Crippen molar-refractivity contribution in [3.63, 3.8) is 0 Å². The number of benzene rings is 2. The van der Waals surface area contributed by atoms with E-state index in [1.807, 2.05) is 37.3 Å². The number of esters is 1. The Balaban J connectivity index is 1.83. The smallest absolute Gasteiger partial charge is 0.331 e. The Labute approximate surface area is 146 Å². The first-order chi connectivity index (χ1) is 12.1. The summed E-state index contributed by atoms with van der Waals surface area (Å²) >= 11 is 0. The molecule has 0 heterocycles. The zero-order valence-corrected chi connectivity index (χ0v) is 13.9. The van der Waals surface area contributed by atoms with E-state index in [-0.39, 0.29) is 12.5 Å². The van der Waals surface area contributed by atoms with E-state index in [0.29, 0.717) is 5.56 Å². The fraction of sp³-hybridized carbons (Fsp3) is 0.150. The Hall–Kier alpha value is -3.39. The Kier molecular flexibility index (Phi) is 6.49. The summed E-state index contributed by atoms with van der Waals surface area (Å²) in [6.07, 6.45) is 3.60. The highest BCUT2D eigenvalue weighted by atomic mass is 16.5. The van der Waals surface area contributed by atoms with Crippen molar-refractivity contribution < 1.29 is 14.3 Å². The Bertz CT molecular complexity index is 818. The van der Waals surface area contributed by atoms with E-state index in [0.717, 1.165) is 23.2 Å². The maximum atomic E-state index is 11.9. The van der Waals surface area contributed by atoms with E-state index in [4.69, 9.17) is 10.00 Å². The standard InChI is InChI=1S/C20H18N2O3/c1-2-17-5-3-4-6-18(17)22-19(23)14-25-20(24)12-11-15-7-9-16(13-21)10-8-15/h3-12H,2,14H2,1H3,(H,22,23)/b12-11+. The number of hydrogen-bond acceptors (Lipinski definition) is 4. The number of nitriles is 1. The van der Waals surface area contributed by atoms with Crippen molar-refractivity contribution >= 4 is 23.6 Å². The number of rotatable bonds is 6. The fourth-order valence-corrected chi connectivity index (χ4v) is 2.15. The number of carbonyl (C=O) groups excluding carboxylic acids is 2. The van der Waals surface area contributed by atoms with Crippen LogP contribution >= 0.6 is 0 Å². The first-order valence-corrected chi connectivity index (χ1v) is 7.85. The van der Waals surface area contributed by atoms with Crippen molar-refractivity contribution in [3.8, 4) is 6.07 Å². The molecule has 0 aliphatic rings. The van der Waals surface area contributed by atoms with E-state index in [1.54, 1.807) is 30.3 Å². The molecule has 2 aromatic rings. The van der Waals surface area contributed by atoms with E-state index in [9.17, 15) is 9.59 Å². The zero-order chi connectivity index (χ0) is 18.1. The predicted octanol–water partition coefficient (Wildman–Crippen LogP) is 3.32. The van der Waals surface area contributed by atoms with Gasteiger partial charge in [0.1, 0.15) is 0 Å². The minimum Gasteiger partial charge on any atom is -0.452 e. The topological polar surface area (TPSA) is 79.2 Å². The molecule has 0 unspecified atom stereocenters. The molecule has 5 heteroatoms. The first-order valence-electron chi connectivity index (χ1n) is 7.85. The van der Waals surface area contributed by atoms with Crippen LogP contribution in [0.15, 0.2) is 54.6 Å². The molecule has 0 spiro atoms. The van der Waals surface area contributed by atoms with Crippen LogP contribution < -0.4 is 5.32 Å². The largest absolute Gasteiger partial charge is 0.452 e. The average molecular weight is 334 g/mol. The molecule has 0 aliphatic heterocycles. The summed E-state index contributed by atoms with van der Waals surface area (Å²) in [6.45, 7) is 1.65. The molecular formula is C20H18N2O3. The van der Waals surface area contributed by atoms with Gasteiger partial charge in [0.2, 0.25) is 0 Å². The second-order valence-electron chi connectivity index (χ2n) is 5.23. The lowest BCUT2D eigenvalue weighted by Crippen LogP contribution is -2.20. The normalized spacial score (nSPS) is 10.2. The highest BCUT2D eigenvalue weighted by Gasteiger charge is 2.07. The summed E-state index contributed by atoms with van der Waals surface area (Å²) in [7, 11) is 0. The highest BCUT2D eigenvalue weighted by molar-refractivity contribution is 5.95. The van der Waals surface area contributed by atoms with Gasteiger partial charge in [0.15, 0.2) is 6.61 Å². The van der Waals surface area contributed by atoms with Crippen LogP contribution in [0, 0.1) is 11.3 Å². The number of anilines is 1. The molecule has 0 radical (unpaired) electrons. The van der Waals surface area contributed by atoms with Gasteiger partial charge in [-0.1, -0.05) is 37.3 Å². The number of nitrogens with one attached hydrogen (secondary N) is 1. The third-order valence-corrected chi connectivity index (χ3v) is 3.47. The van der Waals surface area contributed by atoms with E-state index in [2.05, 4.69) is 5.32 Å². The van der Waals surface area contributed by atoms with Gasteiger partial charge in [-0.2, -0.15) is 5.26 Å². The van der Waals surface area contributed by atoms with Crippen molar-refractivity contribution in [2.45, 2.75) is 13.3 Å². The Morgan fingerprint density at radius 3 is 2.56 bits per heavy atom. The molecule has 2 rings (SSSR count). The Morgan fingerprint density at radius 2 is 1.88 bits per heavy atom. The molecule has 2 aromatic carbocycles. The first kappa shape index (κ1) is 18.0. The quantitative estimate of drug-likeness (QED) is 0.649. The molecule has 0 aliphatic carbocycles. The van der Waals surface area contributed by atoms with Crippen LogP contribution in [0.3, 0.4) is 0 Å². The number of amides is 1. The zero-order valence-electron chi connectivity index (χ0n) is 13.9. The molecule has 0 saturated heterocycles. The maximum Gasteiger partial charge on any atom is 0.331 e. The molecule has 0 fully saturated rings. The number of carbonyl (C=O) groups is 2. The second kappa shape index (κ2) is 9.04. The number of nitrogens with zero attached hydrogens (tertiary/aromatic N) is 1. The number of aryl methyl sites for hydroxylation is 1. The number of ether oxygens (including phenoxy) is 1. The Morgan fingerprint density at radius 1 is 1.16 bits per heavy atom. The summed E-state index contributed by atoms with van der Waals surface area (Å²) in [5.41, 5.74) is 3.04. The van der Waals surface area contributed by atoms with Gasteiger partial charge in [-0.3, -0.25) is 4.79 Å². The lowest BCUT2D eigenvalue weighted by atomic mass is 10.1. The average Bonchev–Trinajstić information content (AvgIpc) is 2.65. The lowest BCUT2D eigenvalue weighted by molar-refractivity contribution is -0.142. The highest BCUT2D eigenvalue weighted by Crippen LogP contribution is 2.15. The van der Waals surface area contributed by atoms with E-state index < -0.39 is 5.97 Å². The van der Waals surface area contributed by atoms with Crippen LogP contribution in [0.2, 0.25) is 0 Å². The van der Waals surface area contributed by atoms with Crippen molar-refractivity contribution in [3.05, 3.63) is 71.3 Å². The molecular weight excluding hydrogens is 316 g/mol. The van der Waals surface area contributed by atoms with Crippen LogP contribution in [-0.2, 0) is 20.7 Å². The van der Waals surface area contributed by atoms with Crippen molar-refractivity contribution in [2.24, 2.45) is 0 Å². The number of para-hydroxylation sites is 1. The SMILES string of the molecule is CCc1ccccc1NC(=O)COC(=O)/C=C/c1ccc(C#N)cc1. The van der Waals surface area contributed by atoms with Crippen LogP contribution in [0.5, 0.6) is 0 Å². The lowest BCUT2D eigenvalue weighted by Gasteiger charge is -2.09. The molecule has 5 nitrogen and oxygen atoms in total. The van der Waals surface area contributed by atoms with E-state index in [1.165, 1.54) is 6.08 Å². The van der Waals surface area contributed by atoms with Gasteiger partial charge in [-0.15, -0.1) is 0 Å². The summed E-state index contributed by atoms with van der Waals surface area (Å²) in [6, 6.07) is 16.3. The van der Waals surface area contributed by atoms with Gasteiger partial charge in [0, 0.05) is 11.8 Å². The molecule has 25 heavy (non-hydrogen) atoms. The van der Waals surface area contributed by atoms with Gasteiger partial charge in [0.25, 0.3) is 5.91 Å². The van der Waals surface area contributed by atoms with E-state index >= 15 is 0 Å². The number of hydrogen-bond donors (Lipinski definition) is 1. The fourth-order valence-electron chi connectivity index (χ4n) is 2.15. The minimum absolute atomic E-state index is 0.353. The monoisotopic (exact) mass is 334 g/mol. The molecule has 0 atom stereocenters. The van der Waals surface area contributed by atoms with Gasteiger partial charge < -0.3 is 10.1 Å². The summed E-state index contributed by atoms with van der Waals surface area (Å²) in [4.78, 5) is 23.6. The van der Waals surface area contributed by atoms with Crippen LogP contribution in [0.25, 0.3) is 6.08 Å². The third-order valence-electron chi connectivity index (χ3n) is 3.47. The maximum absolute atomic E-state index is 11.9. The van der Waals surface area contributed by atoms with Crippen molar-refractivity contribution in [1.29, 1.82) is 5.26 Å². The van der Waals surface area contributed by atoms with Gasteiger partial charge in [0.05, 0.1) is 11.6 Å². The van der Waals surface area contributed by atoms with Crippen LogP contribution in [0.4, 0.5) is 5.69 Å². The molecule has 1 N–H and O–H groups in total. The van der Waals surface area contributed by atoms with Crippen molar-refractivity contribution in [2.75, 3.05) is 11.9 Å². The van der Waals surface area contributed by atoms with Crippen LogP contribution in [0.1, 0.15) is 23.6 Å². The summed E-state index contributed by atoms with van der Waals surface area (Å²) < 4.78 is 4.93. The van der Waals surface area contributed by atoms with Gasteiger partial charge >= 0.3 is 5.97 Å². The van der Waals surface area contributed by atoms with Gasteiger partial charge in [-0.05, 0) is 41.8 Å². The molecule has 0 saturated carbocycles. The third kappa shape index (κ3) is 5.63. The summed E-state index contributed by atoms with van der Waals surface area (Å²) in [5.74, 6) is -0.996. The van der Waals surface area contributed by atoms with Crippen LogP contribution in [-0.4, -0.2) is 18.5 Å². The molecule has 0 aromatic heterocycles. The minimum atomic E-state index is -0.608.